The van der Waals surface area contributed by atoms with Crippen molar-refractivity contribution in [2.45, 2.75) is 44.9 Å². The molecule has 2 amide bonds. The van der Waals surface area contributed by atoms with Crippen LogP contribution in [-0.4, -0.2) is 62.7 Å². The number of nitrogens with two attached hydrogens (primary N) is 1. The number of carbonyl (C=O) groups excluding carboxylic acids is 2. The Labute approximate surface area is 179 Å². The van der Waals surface area contributed by atoms with E-state index in [1.807, 2.05) is 29.2 Å². The molecule has 2 aliphatic rings. The first-order valence-electron chi connectivity index (χ1n) is 11.3. The van der Waals surface area contributed by atoms with Gasteiger partial charge in [-0.05, 0) is 43.1 Å². The van der Waals surface area contributed by atoms with Crippen LogP contribution in [0.4, 0.5) is 11.4 Å². The second-order valence-corrected chi connectivity index (χ2v) is 8.48. The Morgan fingerprint density at radius 3 is 2.43 bits per heavy atom. The van der Waals surface area contributed by atoms with Crippen LogP contribution in [0.25, 0.3) is 0 Å². The third-order valence-electron chi connectivity index (χ3n) is 6.14. The van der Waals surface area contributed by atoms with Crippen LogP contribution in [0.1, 0.15) is 44.9 Å². The quantitative estimate of drug-likeness (QED) is 0.612. The van der Waals surface area contributed by atoms with E-state index in [2.05, 4.69) is 10.2 Å². The van der Waals surface area contributed by atoms with Crippen molar-refractivity contribution in [3.8, 4) is 0 Å². The Hall–Kier alpha value is -2.12. The molecule has 0 spiro atoms. The van der Waals surface area contributed by atoms with Crippen LogP contribution in [0.5, 0.6) is 0 Å². The SMILES string of the molecule is NC(=O)CN(CCC(=O)Nc1ccc(N2CCOCC2)cc1)CCC1CCCCC1. The van der Waals surface area contributed by atoms with Gasteiger partial charge in [0.15, 0.2) is 0 Å². The van der Waals surface area contributed by atoms with Gasteiger partial charge in [0.25, 0.3) is 0 Å². The van der Waals surface area contributed by atoms with Crippen LogP contribution >= 0.6 is 0 Å². The summed E-state index contributed by atoms with van der Waals surface area (Å²) in [6.07, 6.45) is 7.97. The van der Waals surface area contributed by atoms with Gasteiger partial charge in [-0.15, -0.1) is 0 Å². The van der Waals surface area contributed by atoms with Crippen LogP contribution in [0.2, 0.25) is 0 Å². The lowest BCUT2D eigenvalue weighted by atomic mass is 9.87. The number of ether oxygens (including phenoxy) is 1. The van der Waals surface area contributed by atoms with Crippen LogP contribution in [0, 0.1) is 5.92 Å². The zero-order valence-corrected chi connectivity index (χ0v) is 18.0. The van der Waals surface area contributed by atoms with Crippen LogP contribution in [0.3, 0.4) is 0 Å². The molecule has 1 saturated heterocycles. The second-order valence-electron chi connectivity index (χ2n) is 8.48. The average Bonchev–Trinajstić information content (AvgIpc) is 2.77. The molecule has 2 fully saturated rings. The molecular formula is C23H36N4O3. The number of hydrogen-bond donors (Lipinski definition) is 2. The molecule has 7 nitrogen and oxygen atoms in total. The van der Waals surface area contributed by atoms with E-state index in [1.165, 1.54) is 32.1 Å². The van der Waals surface area contributed by atoms with E-state index in [4.69, 9.17) is 10.5 Å². The van der Waals surface area contributed by atoms with Crippen molar-refractivity contribution in [2.24, 2.45) is 11.7 Å². The maximum absolute atomic E-state index is 12.4. The Morgan fingerprint density at radius 2 is 1.77 bits per heavy atom. The van der Waals surface area contributed by atoms with Crippen molar-refractivity contribution in [3.05, 3.63) is 24.3 Å². The van der Waals surface area contributed by atoms with E-state index in [-0.39, 0.29) is 18.4 Å². The minimum Gasteiger partial charge on any atom is -0.378 e. The molecule has 1 saturated carbocycles. The Morgan fingerprint density at radius 1 is 1.07 bits per heavy atom. The van der Waals surface area contributed by atoms with Crippen LogP contribution in [0.15, 0.2) is 24.3 Å². The molecule has 1 heterocycles. The number of primary amides is 1. The molecule has 30 heavy (non-hydrogen) atoms. The summed E-state index contributed by atoms with van der Waals surface area (Å²) in [5.41, 5.74) is 7.35. The molecule has 7 heteroatoms. The van der Waals surface area contributed by atoms with Gasteiger partial charge in [0.05, 0.1) is 19.8 Å². The topological polar surface area (TPSA) is 87.9 Å². The molecule has 166 valence electrons. The Bertz CT molecular complexity index is 668. The average molecular weight is 417 g/mol. The molecule has 0 unspecified atom stereocenters. The van der Waals surface area contributed by atoms with Gasteiger partial charge in [-0.25, -0.2) is 0 Å². The van der Waals surface area contributed by atoms with Crippen LogP contribution in [-0.2, 0) is 14.3 Å². The first kappa shape index (κ1) is 22.6. The standard InChI is InChI=1S/C23H36N4O3/c24-22(28)18-26(12-10-19-4-2-1-3-5-19)13-11-23(29)25-20-6-8-21(9-7-20)27-14-16-30-17-15-27/h6-9,19H,1-5,10-18H2,(H2,24,28)(H,25,29). The van der Waals surface area contributed by atoms with Gasteiger partial charge >= 0.3 is 0 Å². The van der Waals surface area contributed by atoms with Gasteiger partial charge in [0.2, 0.25) is 11.8 Å². The van der Waals surface area contributed by atoms with E-state index >= 15 is 0 Å². The molecule has 3 N–H and O–H groups in total. The largest absolute Gasteiger partial charge is 0.378 e. The predicted octanol–water partition coefficient (Wildman–Crippen LogP) is 2.61. The fourth-order valence-electron chi connectivity index (χ4n) is 4.39. The normalized spacial score (nSPS) is 17.8. The highest BCUT2D eigenvalue weighted by molar-refractivity contribution is 5.91. The number of anilines is 2. The first-order chi connectivity index (χ1) is 14.6. The number of morpholine rings is 1. The first-order valence-corrected chi connectivity index (χ1v) is 11.3. The van der Waals surface area contributed by atoms with E-state index in [0.29, 0.717) is 13.0 Å². The fraction of sp³-hybridized carbons (Fsp3) is 0.652. The maximum Gasteiger partial charge on any atom is 0.231 e. The third-order valence-corrected chi connectivity index (χ3v) is 6.14. The highest BCUT2D eigenvalue weighted by Gasteiger charge is 2.17. The van der Waals surface area contributed by atoms with Crippen LogP contribution < -0.4 is 16.0 Å². The molecule has 1 aliphatic carbocycles. The lowest BCUT2D eigenvalue weighted by Crippen LogP contribution is -2.37. The van der Waals surface area contributed by atoms with Crippen molar-refractivity contribution in [1.82, 2.24) is 4.90 Å². The van der Waals surface area contributed by atoms with Crippen molar-refractivity contribution in [3.63, 3.8) is 0 Å². The number of nitrogens with one attached hydrogen (secondary N) is 1. The van der Waals surface area contributed by atoms with Gasteiger partial charge < -0.3 is 20.7 Å². The highest BCUT2D eigenvalue weighted by atomic mass is 16.5. The van der Waals surface area contributed by atoms with Gasteiger partial charge in [-0.3, -0.25) is 14.5 Å². The lowest BCUT2D eigenvalue weighted by molar-refractivity contribution is -0.120. The van der Waals surface area contributed by atoms with Gasteiger partial charge in [-0.1, -0.05) is 32.1 Å². The Kier molecular flexibility index (Phi) is 8.96. The molecular weight excluding hydrogens is 380 g/mol. The van der Waals surface area contributed by atoms with Gasteiger partial charge in [-0.2, -0.15) is 0 Å². The summed E-state index contributed by atoms with van der Waals surface area (Å²) in [6, 6.07) is 7.94. The monoisotopic (exact) mass is 416 g/mol. The van der Waals surface area contributed by atoms with E-state index in [9.17, 15) is 9.59 Å². The van der Waals surface area contributed by atoms with Gasteiger partial charge in [0, 0.05) is 37.4 Å². The molecule has 3 rings (SSSR count). The molecule has 0 bridgehead atoms. The summed E-state index contributed by atoms with van der Waals surface area (Å²) in [7, 11) is 0. The summed E-state index contributed by atoms with van der Waals surface area (Å²) in [5, 5.41) is 2.96. The zero-order chi connectivity index (χ0) is 21.2. The van der Waals surface area contributed by atoms with Gasteiger partial charge in [0.1, 0.15) is 0 Å². The number of amides is 2. The van der Waals surface area contributed by atoms with E-state index in [0.717, 1.165) is 56.6 Å². The number of nitrogens with zero attached hydrogens (tertiary/aromatic N) is 2. The summed E-state index contributed by atoms with van der Waals surface area (Å²) in [6.45, 7) is 4.88. The smallest absolute Gasteiger partial charge is 0.231 e. The molecule has 1 aliphatic heterocycles. The second kappa shape index (κ2) is 11.9. The van der Waals surface area contributed by atoms with Crippen molar-refractivity contribution in [2.75, 3.05) is 56.2 Å². The highest BCUT2D eigenvalue weighted by Crippen LogP contribution is 2.26. The number of benzene rings is 1. The number of rotatable bonds is 10. The fourth-order valence-corrected chi connectivity index (χ4v) is 4.39. The molecule has 1 aromatic rings. The summed E-state index contributed by atoms with van der Waals surface area (Å²) >= 11 is 0. The predicted molar refractivity (Wildman–Crippen MR) is 120 cm³/mol. The van der Waals surface area contributed by atoms with Crippen molar-refractivity contribution >= 4 is 23.2 Å². The minimum atomic E-state index is -0.335. The molecule has 1 aromatic carbocycles. The van der Waals surface area contributed by atoms with Crippen molar-refractivity contribution < 1.29 is 14.3 Å². The molecule has 0 aromatic heterocycles. The van der Waals surface area contributed by atoms with E-state index < -0.39 is 0 Å². The summed E-state index contributed by atoms with van der Waals surface area (Å²) in [4.78, 5) is 28.1. The zero-order valence-electron chi connectivity index (χ0n) is 18.0. The summed E-state index contributed by atoms with van der Waals surface area (Å²) in [5.74, 6) is 0.368. The number of carbonyl (C=O) groups is 2. The molecule has 0 radical (unpaired) electrons. The maximum atomic E-state index is 12.4. The minimum absolute atomic E-state index is 0.0405. The lowest BCUT2D eigenvalue weighted by Gasteiger charge is -2.29. The van der Waals surface area contributed by atoms with Crippen molar-refractivity contribution in [1.29, 1.82) is 0 Å². The third kappa shape index (κ3) is 7.61. The number of hydrogen-bond acceptors (Lipinski definition) is 5. The van der Waals surface area contributed by atoms with E-state index in [1.54, 1.807) is 0 Å². The summed E-state index contributed by atoms with van der Waals surface area (Å²) < 4.78 is 5.39. The Balaban J connectivity index is 1.42. The molecule has 0 atom stereocenters.